The molecule has 2 unspecified atom stereocenters. The van der Waals surface area contributed by atoms with Gasteiger partial charge >= 0.3 is 0 Å². The fourth-order valence-electron chi connectivity index (χ4n) is 1.77. The molecule has 0 saturated heterocycles. The SMILES string of the molecule is Cc1ncsc1C(C)NC(C)c1ncc[nH]1. The summed E-state index contributed by atoms with van der Waals surface area (Å²) in [7, 11) is 0. The van der Waals surface area contributed by atoms with Gasteiger partial charge in [-0.25, -0.2) is 9.97 Å². The Bertz CT molecular complexity index is 435. The summed E-state index contributed by atoms with van der Waals surface area (Å²) in [6, 6.07) is 0.513. The fraction of sp³-hybridized carbons (Fsp3) is 0.455. The van der Waals surface area contributed by atoms with Crippen LogP contribution >= 0.6 is 11.3 Å². The zero-order valence-corrected chi connectivity index (χ0v) is 10.5. The average Bonchev–Trinajstić information content (AvgIpc) is 2.86. The van der Waals surface area contributed by atoms with Crippen molar-refractivity contribution in [3.63, 3.8) is 0 Å². The number of nitrogens with one attached hydrogen (secondary N) is 2. The standard InChI is InChI=1S/C11H16N4S/c1-7-10(16-6-14-7)8(2)15-9(3)11-12-4-5-13-11/h4-6,8-9,15H,1-3H3,(H,12,13). The molecule has 0 aliphatic heterocycles. The van der Waals surface area contributed by atoms with Gasteiger partial charge in [-0.15, -0.1) is 11.3 Å². The highest BCUT2D eigenvalue weighted by Gasteiger charge is 2.15. The number of hydrogen-bond donors (Lipinski definition) is 2. The van der Waals surface area contributed by atoms with Crippen LogP contribution in [0.4, 0.5) is 0 Å². The molecule has 0 saturated carbocycles. The first-order valence-corrected chi connectivity index (χ1v) is 6.21. The van der Waals surface area contributed by atoms with E-state index in [9.17, 15) is 0 Å². The summed E-state index contributed by atoms with van der Waals surface area (Å²) in [5.74, 6) is 0.967. The van der Waals surface area contributed by atoms with Crippen LogP contribution in [0.3, 0.4) is 0 Å². The third-order valence-electron chi connectivity index (χ3n) is 2.61. The third kappa shape index (κ3) is 2.31. The Kier molecular flexibility index (Phi) is 3.36. The molecule has 2 N–H and O–H groups in total. The zero-order chi connectivity index (χ0) is 11.5. The summed E-state index contributed by atoms with van der Waals surface area (Å²) in [6.07, 6.45) is 3.62. The van der Waals surface area contributed by atoms with E-state index in [1.54, 1.807) is 17.5 Å². The molecule has 16 heavy (non-hydrogen) atoms. The lowest BCUT2D eigenvalue weighted by atomic mass is 10.2. The summed E-state index contributed by atoms with van der Waals surface area (Å²) >= 11 is 1.69. The van der Waals surface area contributed by atoms with Gasteiger partial charge in [0, 0.05) is 23.3 Å². The number of imidazole rings is 1. The minimum Gasteiger partial charge on any atom is -0.347 e. The summed E-state index contributed by atoms with van der Waals surface area (Å²) < 4.78 is 0. The van der Waals surface area contributed by atoms with Crippen molar-refractivity contribution in [2.24, 2.45) is 0 Å². The number of hydrogen-bond acceptors (Lipinski definition) is 4. The topological polar surface area (TPSA) is 53.6 Å². The molecule has 2 atom stereocenters. The molecule has 2 aromatic rings. The predicted molar refractivity (Wildman–Crippen MR) is 65.4 cm³/mol. The molecule has 0 spiro atoms. The Morgan fingerprint density at radius 2 is 2.12 bits per heavy atom. The van der Waals surface area contributed by atoms with E-state index in [4.69, 9.17) is 0 Å². The van der Waals surface area contributed by atoms with E-state index in [0.29, 0.717) is 6.04 Å². The molecular weight excluding hydrogens is 220 g/mol. The first-order valence-electron chi connectivity index (χ1n) is 5.33. The van der Waals surface area contributed by atoms with Crippen molar-refractivity contribution in [1.82, 2.24) is 20.3 Å². The van der Waals surface area contributed by atoms with Crippen molar-refractivity contribution >= 4 is 11.3 Å². The smallest absolute Gasteiger partial charge is 0.122 e. The first kappa shape index (κ1) is 11.3. The molecule has 0 aromatic carbocycles. The quantitative estimate of drug-likeness (QED) is 0.858. The van der Waals surface area contributed by atoms with Crippen LogP contribution in [0.25, 0.3) is 0 Å². The van der Waals surface area contributed by atoms with Crippen molar-refractivity contribution in [3.05, 3.63) is 34.3 Å². The number of nitrogens with zero attached hydrogens (tertiary/aromatic N) is 2. The van der Waals surface area contributed by atoms with Crippen LogP contribution in [0.5, 0.6) is 0 Å². The van der Waals surface area contributed by atoms with E-state index < -0.39 is 0 Å². The van der Waals surface area contributed by atoms with E-state index in [1.165, 1.54) is 4.88 Å². The van der Waals surface area contributed by atoms with Gasteiger partial charge in [-0.1, -0.05) is 0 Å². The van der Waals surface area contributed by atoms with Crippen LogP contribution in [-0.2, 0) is 0 Å². The lowest BCUT2D eigenvalue weighted by Crippen LogP contribution is -2.23. The second kappa shape index (κ2) is 4.76. The van der Waals surface area contributed by atoms with Crippen LogP contribution in [0.1, 0.15) is 42.3 Å². The average molecular weight is 236 g/mol. The summed E-state index contributed by atoms with van der Waals surface area (Å²) in [5.41, 5.74) is 3.00. The number of aryl methyl sites for hydroxylation is 1. The van der Waals surface area contributed by atoms with E-state index >= 15 is 0 Å². The second-order valence-electron chi connectivity index (χ2n) is 3.89. The van der Waals surface area contributed by atoms with Crippen molar-refractivity contribution < 1.29 is 0 Å². The van der Waals surface area contributed by atoms with Crippen molar-refractivity contribution in [2.45, 2.75) is 32.9 Å². The van der Waals surface area contributed by atoms with Gasteiger partial charge in [0.25, 0.3) is 0 Å². The van der Waals surface area contributed by atoms with Gasteiger partial charge in [-0.2, -0.15) is 0 Å². The Balaban J connectivity index is 2.03. The lowest BCUT2D eigenvalue weighted by molar-refractivity contribution is 0.482. The zero-order valence-electron chi connectivity index (χ0n) is 9.69. The summed E-state index contributed by atoms with van der Waals surface area (Å²) in [4.78, 5) is 12.9. The third-order valence-corrected chi connectivity index (χ3v) is 3.72. The van der Waals surface area contributed by atoms with E-state index in [1.807, 2.05) is 18.6 Å². The number of aromatic nitrogens is 3. The number of aromatic amines is 1. The van der Waals surface area contributed by atoms with Crippen LogP contribution in [0, 0.1) is 6.92 Å². The maximum Gasteiger partial charge on any atom is 0.122 e. The molecule has 0 radical (unpaired) electrons. The maximum atomic E-state index is 4.26. The molecule has 5 heteroatoms. The van der Waals surface area contributed by atoms with E-state index in [2.05, 4.69) is 34.1 Å². The van der Waals surface area contributed by atoms with Gasteiger partial charge in [-0.05, 0) is 20.8 Å². The van der Waals surface area contributed by atoms with E-state index in [-0.39, 0.29) is 6.04 Å². The maximum absolute atomic E-state index is 4.26. The summed E-state index contributed by atoms with van der Waals surface area (Å²) in [5, 5.41) is 3.50. The second-order valence-corrected chi connectivity index (χ2v) is 4.77. The number of H-pyrrole nitrogens is 1. The highest BCUT2D eigenvalue weighted by atomic mass is 32.1. The molecule has 86 valence electrons. The molecule has 0 amide bonds. The van der Waals surface area contributed by atoms with Gasteiger partial charge in [0.15, 0.2) is 0 Å². The van der Waals surface area contributed by atoms with Crippen molar-refractivity contribution in [2.75, 3.05) is 0 Å². The van der Waals surface area contributed by atoms with Gasteiger partial charge in [0.1, 0.15) is 5.82 Å². The molecule has 2 rings (SSSR count). The van der Waals surface area contributed by atoms with Crippen LogP contribution in [0.2, 0.25) is 0 Å². The highest BCUT2D eigenvalue weighted by Crippen LogP contribution is 2.23. The molecule has 0 bridgehead atoms. The minimum atomic E-state index is 0.214. The Morgan fingerprint density at radius 3 is 2.69 bits per heavy atom. The predicted octanol–water partition coefficient (Wildman–Crippen LogP) is 2.59. The number of rotatable bonds is 4. The van der Waals surface area contributed by atoms with Crippen LogP contribution in [-0.4, -0.2) is 15.0 Å². The van der Waals surface area contributed by atoms with Crippen LogP contribution < -0.4 is 5.32 Å². The van der Waals surface area contributed by atoms with E-state index in [0.717, 1.165) is 11.5 Å². The molecule has 0 aliphatic rings. The lowest BCUT2D eigenvalue weighted by Gasteiger charge is -2.17. The highest BCUT2D eigenvalue weighted by molar-refractivity contribution is 7.09. The minimum absolute atomic E-state index is 0.214. The van der Waals surface area contributed by atoms with Gasteiger partial charge in [0.05, 0.1) is 17.2 Å². The molecule has 2 heterocycles. The monoisotopic (exact) mass is 236 g/mol. The van der Waals surface area contributed by atoms with Gasteiger partial charge in [-0.3, -0.25) is 0 Å². The van der Waals surface area contributed by atoms with Crippen LogP contribution in [0.15, 0.2) is 17.9 Å². The largest absolute Gasteiger partial charge is 0.347 e. The van der Waals surface area contributed by atoms with Gasteiger partial charge < -0.3 is 10.3 Å². The Hall–Kier alpha value is -1.20. The molecule has 0 aliphatic carbocycles. The molecule has 2 aromatic heterocycles. The Labute approximate surface area is 99.2 Å². The molecular formula is C11H16N4S. The van der Waals surface area contributed by atoms with Crippen molar-refractivity contribution in [1.29, 1.82) is 0 Å². The molecule has 0 fully saturated rings. The Morgan fingerprint density at radius 1 is 1.31 bits per heavy atom. The molecule has 4 nitrogen and oxygen atoms in total. The van der Waals surface area contributed by atoms with Gasteiger partial charge in [0.2, 0.25) is 0 Å². The summed E-state index contributed by atoms with van der Waals surface area (Å²) in [6.45, 7) is 6.30. The van der Waals surface area contributed by atoms with Crippen molar-refractivity contribution in [3.8, 4) is 0 Å². The fourth-order valence-corrected chi connectivity index (χ4v) is 2.59. The first-order chi connectivity index (χ1) is 7.68. The normalized spacial score (nSPS) is 14.9. The number of thiazole rings is 1.